The van der Waals surface area contributed by atoms with Gasteiger partial charge < -0.3 is 14.8 Å². The van der Waals surface area contributed by atoms with E-state index in [4.69, 9.17) is 9.47 Å². The minimum Gasteiger partial charge on any atom is -0.467 e. The van der Waals surface area contributed by atoms with Crippen LogP contribution in [0.1, 0.15) is 18.9 Å². The van der Waals surface area contributed by atoms with Gasteiger partial charge in [0.25, 0.3) is 0 Å². The number of nitrogens with one attached hydrogen (secondary N) is 1. The Morgan fingerprint density at radius 3 is 2.74 bits per heavy atom. The smallest absolute Gasteiger partial charge is 0.188 e. The summed E-state index contributed by atoms with van der Waals surface area (Å²) in [5.74, 6) is 0.893. The fourth-order valence-electron chi connectivity index (χ4n) is 2.15. The number of hydrogen-bond donors (Lipinski definition) is 1. The van der Waals surface area contributed by atoms with E-state index in [2.05, 4.69) is 42.6 Å². The third kappa shape index (κ3) is 3.46. The molecule has 19 heavy (non-hydrogen) atoms. The van der Waals surface area contributed by atoms with Crippen LogP contribution in [0.4, 0.5) is 0 Å². The van der Waals surface area contributed by atoms with Gasteiger partial charge in [0.2, 0.25) is 0 Å². The van der Waals surface area contributed by atoms with Gasteiger partial charge >= 0.3 is 0 Å². The van der Waals surface area contributed by atoms with Crippen molar-refractivity contribution in [3.8, 4) is 5.75 Å². The van der Waals surface area contributed by atoms with Gasteiger partial charge in [0, 0.05) is 19.2 Å². The highest BCUT2D eigenvalue weighted by Gasteiger charge is 2.08. The molecule has 0 unspecified atom stereocenters. The Morgan fingerprint density at radius 1 is 1.11 bits per heavy atom. The molecule has 0 radical (unpaired) electrons. The highest BCUT2D eigenvalue weighted by Crippen LogP contribution is 2.28. The van der Waals surface area contributed by atoms with E-state index in [-0.39, 0.29) is 6.79 Å². The van der Waals surface area contributed by atoms with Gasteiger partial charge in [0.15, 0.2) is 6.79 Å². The van der Waals surface area contributed by atoms with Gasteiger partial charge in [-0.1, -0.05) is 37.3 Å². The first-order valence-electron chi connectivity index (χ1n) is 6.70. The van der Waals surface area contributed by atoms with Gasteiger partial charge in [-0.25, -0.2) is 0 Å². The van der Waals surface area contributed by atoms with Gasteiger partial charge in [-0.15, -0.1) is 0 Å². The van der Waals surface area contributed by atoms with E-state index in [1.54, 1.807) is 7.11 Å². The van der Waals surface area contributed by atoms with Gasteiger partial charge in [0.1, 0.15) is 5.75 Å². The predicted molar refractivity (Wildman–Crippen MR) is 78.4 cm³/mol. The summed E-state index contributed by atoms with van der Waals surface area (Å²) >= 11 is 0. The molecular formula is C16H21NO2. The van der Waals surface area contributed by atoms with E-state index >= 15 is 0 Å². The van der Waals surface area contributed by atoms with Gasteiger partial charge in [-0.05, 0) is 29.8 Å². The summed E-state index contributed by atoms with van der Waals surface area (Å²) in [6.45, 7) is 4.26. The number of benzene rings is 2. The molecule has 0 bridgehead atoms. The minimum absolute atomic E-state index is 0.277. The van der Waals surface area contributed by atoms with E-state index in [0.717, 1.165) is 25.3 Å². The number of fused-ring (bicyclic) bond motifs is 1. The predicted octanol–water partition coefficient (Wildman–Crippen LogP) is 3.32. The highest BCUT2D eigenvalue weighted by molar-refractivity contribution is 5.87. The normalized spacial score (nSPS) is 10.8. The lowest BCUT2D eigenvalue weighted by Crippen LogP contribution is -2.15. The number of ether oxygens (including phenoxy) is 2. The van der Waals surface area contributed by atoms with Crippen LogP contribution in [0.3, 0.4) is 0 Å². The summed E-state index contributed by atoms with van der Waals surface area (Å²) < 4.78 is 10.7. The lowest BCUT2D eigenvalue weighted by molar-refractivity contribution is 0.0505. The van der Waals surface area contributed by atoms with Crippen molar-refractivity contribution in [2.75, 3.05) is 20.4 Å². The number of methoxy groups -OCH3 is 1. The van der Waals surface area contributed by atoms with Crippen molar-refractivity contribution in [2.24, 2.45) is 0 Å². The molecule has 0 fully saturated rings. The largest absolute Gasteiger partial charge is 0.467 e. The van der Waals surface area contributed by atoms with Crippen molar-refractivity contribution in [1.29, 1.82) is 0 Å². The van der Waals surface area contributed by atoms with Crippen LogP contribution in [-0.2, 0) is 11.3 Å². The summed E-state index contributed by atoms with van der Waals surface area (Å²) in [5.41, 5.74) is 1.20. The van der Waals surface area contributed by atoms with Crippen molar-refractivity contribution < 1.29 is 9.47 Å². The second-order valence-corrected chi connectivity index (χ2v) is 4.49. The second kappa shape index (κ2) is 7.12. The summed E-state index contributed by atoms with van der Waals surface area (Å²) in [4.78, 5) is 0. The minimum atomic E-state index is 0.277. The Hall–Kier alpha value is -1.58. The molecule has 0 aliphatic heterocycles. The maximum atomic E-state index is 5.66. The van der Waals surface area contributed by atoms with Crippen molar-refractivity contribution in [3.05, 3.63) is 42.0 Å². The molecule has 0 amide bonds. The Bertz CT molecular complexity index is 525. The van der Waals surface area contributed by atoms with Crippen LogP contribution in [0.5, 0.6) is 5.75 Å². The lowest BCUT2D eigenvalue weighted by Gasteiger charge is -2.14. The summed E-state index contributed by atoms with van der Waals surface area (Å²) in [6.07, 6.45) is 1.12. The third-order valence-electron chi connectivity index (χ3n) is 3.06. The van der Waals surface area contributed by atoms with Crippen molar-refractivity contribution in [2.45, 2.75) is 19.9 Å². The average molecular weight is 259 g/mol. The molecule has 1 N–H and O–H groups in total. The third-order valence-corrected chi connectivity index (χ3v) is 3.06. The maximum absolute atomic E-state index is 5.66. The van der Waals surface area contributed by atoms with Crippen LogP contribution < -0.4 is 10.1 Å². The fraction of sp³-hybridized carbons (Fsp3) is 0.375. The van der Waals surface area contributed by atoms with Crippen LogP contribution in [0.2, 0.25) is 0 Å². The molecule has 102 valence electrons. The van der Waals surface area contributed by atoms with Gasteiger partial charge in [0.05, 0.1) is 0 Å². The molecule has 0 saturated heterocycles. The zero-order valence-electron chi connectivity index (χ0n) is 11.6. The highest BCUT2D eigenvalue weighted by atomic mass is 16.7. The zero-order valence-corrected chi connectivity index (χ0v) is 11.6. The SMILES string of the molecule is CCCNCc1c(OCOC)ccc2ccccc12. The molecule has 0 saturated carbocycles. The number of rotatable bonds is 7. The summed E-state index contributed by atoms with van der Waals surface area (Å²) in [6, 6.07) is 12.5. The first-order chi connectivity index (χ1) is 9.36. The van der Waals surface area contributed by atoms with Crippen molar-refractivity contribution >= 4 is 10.8 Å². The quantitative estimate of drug-likeness (QED) is 0.611. The van der Waals surface area contributed by atoms with E-state index < -0.39 is 0 Å². The van der Waals surface area contributed by atoms with Crippen molar-refractivity contribution in [1.82, 2.24) is 5.32 Å². The van der Waals surface area contributed by atoms with Crippen LogP contribution in [-0.4, -0.2) is 20.4 Å². The van der Waals surface area contributed by atoms with Gasteiger partial charge in [-0.3, -0.25) is 0 Å². The van der Waals surface area contributed by atoms with Crippen LogP contribution >= 0.6 is 0 Å². The monoisotopic (exact) mass is 259 g/mol. The molecular weight excluding hydrogens is 238 g/mol. The zero-order chi connectivity index (χ0) is 13.5. The standard InChI is InChI=1S/C16H21NO2/c1-3-10-17-11-15-14-7-5-4-6-13(14)8-9-16(15)19-12-18-2/h4-9,17H,3,10-12H2,1-2H3. The molecule has 2 aromatic rings. The molecule has 0 aliphatic rings. The van der Waals surface area contributed by atoms with E-state index in [1.807, 2.05) is 6.07 Å². The molecule has 0 aliphatic carbocycles. The topological polar surface area (TPSA) is 30.5 Å². The fourth-order valence-corrected chi connectivity index (χ4v) is 2.15. The Morgan fingerprint density at radius 2 is 1.95 bits per heavy atom. The molecule has 2 rings (SSSR count). The van der Waals surface area contributed by atoms with E-state index in [1.165, 1.54) is 16.3 Å². The van der Waals surface area contributed by atoms with Crippen LogP contribution in [0.15, 0.2) is 36.4 Å². The Kier molecular flexibility index (Phi) is 5.19. The van der Waals surface area contributed by atoms with E-state index in [9.17, 15) is 0 Å². The molecule has 0 spiro atoms. The van der Waals surface area contributed by atoms with E-state index in [0.29, 0.717) is 0 Å². The number of hydrogen-bond acceptors (Lipinski definition) is 3. The molecule has 0 aromatic heterocycles. The first-order valence-corrected chi connectivity index (χ1v) is 6.70. The molecule has 0 heterocycles. The second-order valence-electron chi connectivity index (χ2n) is 4.49. The first kappa shape index (κ1) is 13.8. The molecule has 0 atom stereocenters. The molecule has 3 heteroatoms. The molecule has 2 aromatic carbocycles. The Labute approximate surface area is 114 Å². The molecule has 3 nitrogen and oxygen atoms in total. The Balaban J connectivity index is 2.33. The summed E-state index contributed by atoms with van der Waals surface area (Å²) in [5, 5.41) is 5.91. The van der Waals surface area contributed by atoms with Gasteiger partial charge in [-0.2, -0.15) is 0 Å². The van der Waals surface area contributed by atoms with Crippen LogP contribution in [0.25, 0.3) is 10.8 Å². The lowest BCUT2D eigenvalue weighted by atomic mass is 10.0. The maximum Gasteiger partial charge on any atom is 0.188 e. The summed E-state index contributed by atoms with van der Waals surface area (Å²) in [7, 11) is 1.63. The van der Waals surface area contributed by atoms with Crippen LogP contribution in [0, 0.1) is 0 Å². The average Bonchev–Trinajstić information content (AvgIpc) is 2.46. The van der Waals surface area contributed by atoms with Crippen molar-refractivity contribution in [3.63, 3.8) is 0 Å².